The molecule has 0 bridgehead atoms. The van der Waals surface area contributed by atoms with Gasteiger partial charge >= 0.3 is 0 Å². The number of nitrogens with zero attached hydrogens (tertiary/aromatic N) is 2. The first kappa shape index (κ1) is 36.4. The van der Waals surface area contributed by atoms with Crippen LogP contribution in [0.5, 0.6) is 5.75 Å². The molecule has 1 saturated carbocycles. The van der Waals surface area contributed by atoms with Gasteiger partial charge in [-0.05, 0) is 91.6 Å². The molecule has 0 aliphatic heterocycles. The molecule has 1 aliphatic rings. The first-order valence-corrected chi connectivity index (χ1v) is 19.1. The number of benzene rings is 4. The number of anilines is 1. The van der Waals surface area contributed by atoms with Crippen LogP contribution in [-0.4, -0.2) is 50.4 Å². The Hall–Kier alpha value is -3.86. The molecule has 258 valence electrons. The standard InChI is InChI=1S/C38H41BrClN3O5S/c1-2-48-34-20-18-33(19-21-34)43(49(46,47)35-22-16-30(39)17-23-35)27-37(44)42(26-29-12-9-13-31(40)24-29)36(25-28-10-5-3-6-11-28)38(45)41-32-14-7-4-8-15-32/h3,5-6,9-13,16-24,32,36H,2,4,7-8,14-15,25-27H2,1H3,(H,41,45)/t36-/m0/s1. The van der Waals surface area contributed by atoms with Crippen molar-refractivity contribution in [3.05, 3.63) is 124 Å². The van der Waals surface area contributed by atoms with Crippen LogP contribution >= 0.6 is 27.5 Å². The highest BCUT2D eigenvalue weighted by atomic mass is 79.9. The minimum Gasteiger partial charge on any atom is -0.494 e. The average molecular weight is 767 g/mol. The zero-order valence-corrected chi connectivity index (χ0v) is 30.6. The summed E-state index contributed by atoms with van der Waals surface area (Å²) < 4.78 is 36.0. The maximum Gasteiger partial charge on any atom is 0.264 e. The topological polar surface area (TPSA) is 96.0 Å². The Bertz CT molecular complexity index is 1800. The zero-order valence-electron chi connectivity index (χ0n) is 27.4. The van der Waals surface area contributed by atoms with E-state index >= 15 is 0 Å². The van der Waals surface area contributed by atoms with E-state index in [-0.39, 0.29) is 35.5 Å². The monoisotopic (exact) mass is 765 g/mol. The van der Waals surface area contributed by atoms with Crippen molar-refractivity contribution in [3.8, 4) is 5.75 Å². The van der Waals surface area contributed by atoms with Gasteiger partial charge in [-0.25, -0.2) is 8.42 Å². The number of amides is 2. The van der Waals surface area contributed by atoms with Gasteiger partial charge in [0.05, 0.1) is 17.2 Å². The highest BCUT2D eigenvalue weighted by Crippen LogP contribution is 2.28. The van der Waals surface area contributed by atoms with E-state index in [1.165, 1.54) is 17.0 Å². The van der Waals surface area contributed by atoms with E-state index in [1.54, 1.807) is 54.6 Å². The summed E-state index contributed by atoms with van der Waals surface area (Å²) >= 11 is 9.74. The summed E-state index contributed by atoms with van der Waals surface area (Å²) in [5.74, 6) is -0.229. The average Bonchev–Trinajstić information content (AvgIpc) is 3.10. The first-order chi connectivity index (χ1) is 23.6. The Balaban J connectivity index is 1.56. The highest BCUT2D eigenvalue weighted by Gasteiger charge is 2.35. The molecule has 0 radical (unpaired) electrons. The van der Waals surface area contributed by atoms with Gasteiger partial charge in [0, 0.05) is 28.5 Å². The van der Waals surface area contributed by atoms with Crippen molar-refractivity contribution in [2.45, 2.75) is 69.0 Å². The summed E-state index contributed by atoms with van der Waals surface area (Å²) in [5, 5.41) is 3.72. The van der Waals surface area contributed by atoms with E-state index in [1.807, 2.05) is 43.3 Å². The van der Waals surface area contributed by atoms with Gasteiger partial charge in [0.2, 0.25) is 11.8 Å². The number of rotatable bonds is 14. The van der Waals surface area contributed by atoms with E-state index in [4.69, 9.17) is 16.3 Å². The lowest BCUT2D eigenvalue weighted by molar-refractivity contribution is -0.140. The van der Waals surface area contributed by atoms with Gasteiger partial charge in [0.15, 0.2) is 0 Å². The lowest BCUT2D eigenvalue weighted by Crippen LogP contribution is -2.55. The number of carbonyl (C=O) groups excluding carboxylic acids is 2. The molecule has 0 aromatic heterocycles. The van der Waals surface area contributed by atoms with Gasteiger partial charge in [-0.3, -0.25) is 13.9 Å². The number of halogens is 2. The van der Waals surface area contributed by atoms with Crippen LogP contribution in [0.4, 0.5) is 5.69 Å². The SMILES string of the molecule is CCOc1ccc(N(CC(=O)N(Cc2cccc(Cl)c2)[C@@H](Cc2ccccc2)C(=O)NC2CCCCC2)S(=O)(=O)c2ccc(Br)cc2)cc1. The molecule has 1 aliphatic carbocycles. The minimum absolute atomic E-state index is 0.0146. The Labute approximate surface area is 302 Å². The number of hydrogen-bond donors (Lipinski definition) is 1. The van der Waals surface area contributed by atoms with Crippen LogP contribution < -0.4 is 14.4 Å². The molecule has 0 heterocycles. The van der Waals surface area contributed by atoms with Crippen LogP contribution in [-0.2, 0) is 32.6 Å². The van der Waals surface area contributed by atoms with E-state index in [2.05, 4.69) is 21.2 Å². The smallest absolute Gasteiger partial charge is 0.264 e. The molecule has 0 unspecified atom stereocenters. The van der Waals surface area contributed by atoms with E-state index in [9.17, 15) is 18.0 Å². The van der Waals surface area contributed by atoms with Crippen molar-refractivity contribution in [1.82, 2.24) is 10.2 Å². The summed E-state index contributed by atoms with van der Waals surface area (Å²) in [6, 6.07) is 28.6. The first-order valence-electron chi connectivity index (χ1n) is 16.5. The maximum atomic E-state index is 14.7. The third-order valence-corrected chi connectivity index (χ3v) is 11.1. The summed E-state index contributed by atoms with van der Waals surface area (Å²) in [5.41, 5.74) is 1.88. The van der Waals surface area contributed by atoms with Gasteiger partial charge in [0.1, 0.15) is 18.3 Å². The molecular formula is C38H41BrClN3O5S. The summed E-state index contributed by atoms with van der Waals surface area (Å²) in [4.78, 5) is 30.5. The van der Waals surface area contributed by atoms with Crippen LogP contribution in [0.15, 0.2) is 112 Å². The van der Waals surface area contributed by atoms with E-state index in [0.717, 1.165) is 46.4 Å². The fourth-order valence-electron chi connectivity index (χ4n) is 6.07. The fourth-order valence-corrected chi connectivity index (χ4v) is 7.96. The van der Waals surface area contributed by atoms with Crippen molar-refractivity contribution >= 4 is 55.1 Å². The molecule has 4 aromatic carbocycles. The Morgan fingerprint density at radius 1 is 0.898 bits per heavy atom. The summed E-state index contributed by atoms with van der Waals surface area (Å²) in [7, 11) is -4.23. The van der Waals surface area contributed by atoms with Crippen molar-refractivity contribution in [3.63, 3.8) is 0 Å². The lowest BCUT2D eigenvalue weighted by Gasteiger charge is -2.35. The molecule has 5 rings (SSSR count). The number of sulfonamides is 1. The predicted molar refractivity (Wildman–Crippen MR) is 197 cm³/mol. The number of ether oxygens (including phenoxy) is 1. The Morgan fingerprint density at radius 2 is 1.57 bits per heavy atom. The third-order valence-electron chi connectivity index (χ3n) is 8.58. The summed E-state index contributed by atoms with van der Waals surface area (Å²) in [6.45, 7) is 1.81. The molecule has 49 heavy (non-hydrogen) atoms. The van der Waals surface area contributed by atoms with Crippen molar-refractivity contribution in [1.29, 1.82) is 0 Å². The normalized spacial score (nSPS) is 14.1. The molecule has 11 heteroatoms. The summed E-state index contributed by atoms with van der Waals surface area (Å²) in [6.07, 6.45) is 5.20. The van der Waals surface area contributed by atoms with Gasteiger partial charge < -0.3 is 15.0 Å². The van der Waals surface area contributed by atoms with Crippen molar-refractivity contribution in [2.24, 2.45) is 0 Å². The molecule has 8 nitrogen and oxygen atoms in total. The minimum atomic E-state index is -4.23. The van der Waals surface area contributed by atoms with Gasteiger partial charge in [0.25, 0.3) is 10.0 Å². The number of nitrogens with one attached hydrogen (secondary N) is 1. The molecular weight excluding hydrogens is 726 g/mol. The number of carbonyl (C=O) groups is 2. The Morgan fingerprint density at radius 3 is 2.22 bits per heavy atom. The molecule has 1 N–H and O–H groups in total. The van der Waals surface area contributed by atoms with Crippen LogP contribution in [0.2, 0.25) is 5.02 Å². The molecule has 4 aromatic rings. The fraction of sp³-hybridized carbons (Fsp3) is 0.316. The molecule has 0 spiro atoms. The van der Waals surface area contributed by atoms with Crippen molar-refractivity contribution in [2.75, 3.05) is 17.5 Å². The van der Waals surface area contributed by atoms with E-state index < -0.39 is 28.5 Å². The number of hydrogen-bond acceptors (Lipinski definition) is 5. The van der Waals surface area contributed by atoms with Crippen LogP contribution in [0.25, 0.3) is 0 Å². The highest BCUT2D eigenvalue weighted by molar-refractivity contribution is 9.10. The largest absolute Gasteiger partial charge is 0.494 e. The zero-order chi connectivity index (χ0) is 34.8. The molecule has 2 amide bonds. The van der Waals surface area contributed by atoms with E-state index in [0.29, 0.717) is 22.9 Å². The lowest BCUT2D eigenvalue weighted by atomic mass is 9.94. The quantitative estimate of drug-likeness (QED) is 0.142. The second kappa shape index (κ2) is 17.2. The van der Waals surface area contributed by atoms with Gasteiger partial charge in [-0.15, -0.1) is 0 Å². The molecule has 1 fully saturated rings. The third kappa shape index (κ3) is 9.86. The molecule has 0 saturated heterocycles. The molecule has 1 atom stereocenters. The van der Waals surface area contributed by atoms with Crippen LogP contribution in [0.3, 0.4) is 0 Å². The predicted octanol–water partition coefficient (Wildman–Crippen LogP) is 7.79. The van der Waals surface area contributed by atoms with Crippen molar-refractivity contribution < 1.29 is 22.7 Å². The second-order valence-corrected chi connectivity index (χ2v) is 15.3. The maximum absolute atomic E-state index is 14.7. The van der Waals surface area contributed by atoms with Crippen LogP contribution in [0, 0.1) is 0 Å². The van der Waals surface area contributed by atoms with Gasteiger partial charge in [-0.1, -0.05) is 89.3 Å². The van der Waals surface area contributed by atoms with Gasteiger partial charge in [-0.2, -0.15) is 0 Å². The second-order valence-electron chi connectivity index (χ2n) is 12.1. The Kier molecular flexibility index (Phi) is 12.8. The van der Waals surface area contributed by atoms with Crippen LogP contribution in [0.1, 0.15) is 50.2 Å².